The van der Waals surface area contributed by atoms with Crippen LogP contribution in [0.1, 0.15) is 0 Å². The second-order valence-electron chi connectivity index (χ2n) is 35.3. The highest BCUT2D eigenvalue weighted by molar-refractivity contribution is 6.14. The second kappa shape index (κ2) is 36.6. The molecule has 0 aliphatic heterocycles. The molecule has 0 bridgehead atoms. The molecular weight excluding hydrogens is 1770 g/mol. The molecule has 0 radical (unpaired) electrons. The van der Waals surface area contributed by atoms with Crippen molar-refractivity contribution in [2.24, 2.45) is 0 Å². The van der Waals surface area contributed by atoms with E-state index in [0.29, 0.717) is 66.9 Å². The van der Waals surface area contributed by atoms with Crippen LogP contribution in [0.2, 0.25) is 0 Å². The van der Waals surface area contributed by atoms with E-state index in [2.05, 4.69) is 220 Å². The Hall–Kier alpha value is -19.8. The van der Waals surface area contributed by atoms with E-state index in [-0.39, 0.29) is 22.2 Å². The van der Waals surface area contributed by atoms with Crippen LogP contribution >= 0.6 is 0 Å². The number of fused-ring (bicyclic) bond motifs is 16. The maximum absolute atomic E-state index is 13.9. The Morgan fingerprint density at radius 3 is 0.847 bits per heavy atom. The predicted molar refractivity (Wildman–Crippen MR) is 587 cm³/mol. The molecule has 0 aliphatic rings. The van der Waals surface area contributed by atoms with Gasteiger partial charge in [-0.05, 0) is 205 Å². The van der Waals surface area contributed by atoms with Crippen molar-refractivity contribution in [3.05, 3.63) is 545 Å². The van der Waals surface area contributed by atoms with Crippen molar-refractivity contribution in [3.63, 3.8) is 0 Å². The largest absolute Gasteiger partial charge is 0.455 e. The van der Waals surface area contributed by atoms with Gasteiger partial charge in [-0.3, -0.25) is 37.4 Å². The number of hydrogen-bond acceptors (Lipinski definition) is 9. The highest BCUT2D eigenvalue weighted by atomic mass is 16.3. The lowest BCUT2D eigenvalue weighted by atomic mass is 10.0. The van der Waals surface area contributed by atoms with Gasteiger partial charge in [0.15, 0.2) is 5.82 Å². The predicted octanol–water partition coefficient (Wildman–Crippen LogP) is 29.1. The Morgan fingerprint density at radius 2 is 0.417 bits per heavy atom. The van der Waals surface area contributed by atoms with Crippen LogP contribution in [-0.4, -0.2) is 51.9 Å². The lowest BCUT2D eigenvalue weighted by Gasteiger charge is -2.16. The van der Waals surface area contributed by atoms with Crippen molar-refractivity contribution in [1.82, 2.24) is 51.9 Å². The number of furan rings is 1. The quantitative estimate of drug-likeness (QED) is 0.116. The van der Waals surface area contributed by atoms with Crippen LogP contribution in [0.5, 0.6) is 0 Å². The third-order valence-corrected chi connectivity index (χ3v) is 26.8. The first-order valence-electron chi connectivity index (χ1n) is 47.7. The molecule has 16 nitrogen and oxygen atoms in total. The molecule has 0 saturated heterocycles. The minimum Gasteiger partial charge on any atom is -0.455 e. The molecule has 0 amide bonds. The second-order valence-corrected chi connectivity index (χ2v) is 35.3. The fraction of sp³-hybridized carbons (Fsp3) is 0. The molecule has 0 unspecified atom stereocenters. The van der Waals surface area contributed by atoms with Gasteiger partial charge in [0, 0.05) is 76.8 Å². The molecule has 28 rings (SSSR count). The molecule has 0 aliphatic carbocycles. The van der Waals surface area contributed by atoms with Crippen LogP contribution in [0, 0.1) is 0 Å². The van der Waals surface area contributed by atoms with Crippen molar-refractivity contribution in [3.8, 4) is 96.5 Å². The van der Waals surface area contributed by atoms with Gasteiger partial charge in [-0.2, -0.15) is 0 Å². The minimum absolute atomic E-state index is 0.0754. The maximum atomic E-state index is 13.9. The van der Waals surface area contributed by atoms with E-state index in [4.69, 9.17) is 24.4 Å². The average Bonchev–Trinajstić information content (AvgIpc) is 1.58. The molecule has 16 heteroatoms. The Bertz CT molecular complexity index is 10100. The van der Waals surface area contributed by atoms with Crippen LogP contribution in [-0.2, 0) is 0 Å². The normalized spacial score (nSPS) is 11.4. The molecular formula is C128H83N11O5. The van der Waals surface area contributed by atoms with Gasteiger partial charge < -0.3 is 18.1 Å². The van der Waals surface area contributed by atoms with E-state index in [1.54, 1.807) is 18.3 Å². The first-order chi connectivity index (χ1) is 71.2. The van der Waals surface area contributed by atoms with Crippen LogP contribution in [0.15, 0.2) is 527 Å². The molecule has 8 heterocycles. The third kappa shape index (κ3) is 15.2. The fourth-order valence-corrected chi connectivity index (χ4v) is 20.3. The highest BCUT2D eigenvalue weighted by Gasteiger charge is 2.25. The lowest BCUT2D eigenvalue weighted by molar-refractivity contribution is 0.669. The van der Waals surface area contributed by atoms with Gasteiger partial charge in [0.25, 0.3) is 22.2 Å². The third-order valence-electron chi connectivity index (χ3n) is 26.8. The standard InChI is InChI=1S/C38H25N3O.2C32H21N3O.C26H16N2O2/c42-38-32-19-7-9-20-34(32)39-37(26-12-3-1-4-13-26)41(38)30-17-11-14-27(24-30)28-22-23-36-33(25-28)31-18-8-10-21-35(31)40(36)29-15-5-2-6-16-29;36-32-26-16-7-9-17-28(26)33-31(35(32)24-13-5-2-6-14-24)22-19-20-30-27(21-22)25-15-8-10-18-29(25)34(30)23-11-3-1-4-12-23;36-32-27-17-4-7-18-28(27)33-31(22-11-2-1-3-12-22)35(32)24-14-10-13-23(21-24)34-29-19-8-5-15-25(29)26-16-6-9-20-30(26)34;29-26-20-12-4-6-15-22(20)27-25(28(26)17-9-2-1-3-10-17)21-14-8-13-19-18-11-5-7-16-23(18)30-24(19)21/h1-25H;2*1-21H;1-16H. The van der Waals surface area contributed by atoms with Gasteiger partial charge in [0.1, 0.15) is 28.6 Å². The lowest BCUT2D eigenvalue weighted by Crippen LogP contribution is -2.22. The number of para-hydroxylation sites is 14. The number of nitrogens with zero attached hydrogens (tertiary/aromatic N) is 11. The zero-order valence-electron chi connectivity index (χ0n) is 77.4. The van der Waals surface area contributed by atoms with E-state index in [9.17, 15) is 19.2 Å². The first kappa shape index (κ1) is 85.8. The van der Waals surface area contributed by atoms with Gasteiger partial charge in [-0.25, -0.2) is 19.9 Å². The number of rotatable bonds is 12. The zero-order chi connectivity index (χ0) is 96.2. The van der Waals surface area contributed by atoms with E-state index in [0.717, 1.165) is 133 Å². The minimum atomic E-state index is -0.102. The number of benzene rings is 20. The summed E-state index contributed by atoms with van der Waals surface area (Å²) >= 11 is 0. The zero-order valence-corrected chi connectivity index (χ0v) is 77.4. The van der Waals surface area contributed by atoms with Gasteiger partial charge in [-0.1, -0.05) is 309 Å². The fourth-order valence-electron chi connectivity index (χ4n) is 20.3. The summed E-state index contributed by atoms with van der Waals surface area (Å²) in [5.41, 5.74) is 22.7. The summed E-state index contributed by atoms with van der Waals surface area (Å²) in [4.78, 5) is 74.8. The summed E-state index contributed by atoms with van der Waals surface area (Å²) in [7, 11) is 0. The van der Waals surface area contributed by atoms with Gasteiger partial charge in [0.2, 0.25) is 0 Å². The molecule has 0 atom stereocenters. The van der Waals surface area contributed by atoms with Crippen molar-refractivity contribution >= 4 is 131 Å². The molecule has 0 N–H and O–H groups in total. The summed E-state index contributed by atoms with van der Waals surface area (Å²) in [5, 5.41) is 11.5. The van der Waals surface area contributed by atoms with Gasteiger partial charge >= 0.3 is 0 Å². The van der Waals surface area contributed by atoms with Crippen molar-refractivity contribution in [1.29, 1.82) is 0 Å². The van der Waals surface area contributed by atoms with Crippen molar-refractivity contribution < 1.29 is 4.42 Å². The van der Waals surface area contributed by atoms with Gasteiger partial charge in [0.05, 0.1) is 105 Å². The van der Waals surface area contributed by atoms with Crippen molar-refractivity contribution in [2.75, 3.05) is 0 Å². The van der Waals surface area contributed by atoms with Gasteiger partial charge in [-0.15, -0.1) is 0 Å². The molecule has 0 saturated carbocycles. The monoisotopic (exact) mass is 1850 g/mol. The molecule has 144 heavy (non-hydrogen) atoms. The molecule has 28 aromatic rings. The van der Waals surface area contributed by atoms with Crippen LogP contribution in [0.3, 0.4) is 0 Å². The van der Waals surface area contributed by atoms with E-state index >= 15 is 0 Å². The van der Waals surface area contributed by atoms with E-state index in [1.165, 1.54) is 27.1 Å². The van der Waals surface area contributed by atoms with Crippen LogP contribution in [0.25, 0.3) is 227 Å². The summed E-state index contributed by atoms with van der Waals surface area (Å²) in [6.45, 7) is 0. The topological polar surface area (TPSA) is 167 Å². The number of aromatic nitrogens is 11. The summed E-state index contributed by atoms with van der Waals surface area (Å²) in [5.74, 6) is 2.44. The smallest absolute Gasteiger partial charge is 0.266 e. The average molecular weight is 1860 g/mol. The van der Waals surface area contributed by atoms with E-state index < -0.39 is 0 Å². The highest BCUT2D eigenvalue weighted by Crippen LogP contribution is 2.42. The summed E-state index contributed by atoms with van der Waals surface area (Å²) < 4.78 is 19.9. The van der Waals surface area contributed by atoms with E-state index in [1.807, 2.05) is 297 Å². The Morgan fingerprint density at radius 1 is 0.160 bits per heavy atom. The first-order valence-corrected chi connectivity index (χ1v) is 47.7. The maximum Gasteiger partial charge on any atom is 0.266 e. The Kier molecular flexibility index (Phi) is 21.8. The molecule has 20 aromatic carbocycles. The Balaban J connectivity index is 0.000000101. The summed E-state index contributed by atoms with van der Waals surface area (Å²) in [6.07, 6.45) is 0. The Labute approximate surface area is 823 Å². The number of hydrogen-bond donors (Lipinski definition) is 0. The van der Waals surface area contributed by atoms with Crippen LogP contribution < -0.4 is 22.2 Å². The SMILES string of the molecule is O=c1c2ccccc2nc(-c2ccc3c(c2)c2ccccc2n3-c2ccccc2)n1-c1ccccc1.O=c1c2ccccc2nc(-c2cccc3c2oc2ccccc23)n1-c1ccccc1.O=c1c2ccccc2nc(-c2ccccc2)n1-c1cccc(-c2ccc3c(c2)c2ccccc2n3-c2ccccc2)c1.O=c1c2ccccc2nc(-c2ccccc2)n1-c1cccc(-n2c3ccccc3c3ccccc32)c1. The molecule has 0 fully saturated rings. The molecule has 680 valence electrons. The summed E-state index contributed by atoms with van der Waals surface area (Å²) in [6, 6.07) is 167. The molecule has 8 aromatic heterocycles. The molecule has 0 spiro atoms. The van der Waals surface area contributed by atoms with Crippen molar-refractivity contribution in [2.45, 2.75) is 0 Å². The van der Waals surface area contributed by atoms with Crippen LogP contribution in [0.4, 0.5) is 0 Å².